The molecule has 1 aliphatic heterocycles. The van der Waals surface area contributed by atoms with Crippen molar-refractivity contribution in [3.05, 3.63) is 43.1 Å². The van der Waals surface area contributed by atoms with Gasteiger partial charge >= 0.3 is 0 Å². The first kappa shape index (κ1) is 12.9. The molecule has 4 rings (SSSR count). The number of rotatable bonds is 2. The van der Waals surface area contributed by atoms with Crippen molar-refractivity contribution in [2.24, 2.45) is 0 Å². The molecule has 110 valence electrons. The van der Waals surface area contributed by atoms with Gasteiger partial charge in [-0.3, -0.25) is 0 Å². The van der Waals surface area contributed by atoms with Crippen LogP contribution >= 0.6 is 0 Å². The molecular weight excluding hydrogens is 278 g/mol. The predicted octanol–water partition coefficient (Wildman–Crippen LogP) is 1.14. The molecule has 0 aromatic carbocycles. The molecule has 0 unspecified atom stereocenters. The maximum Gasteiger partial charge on any atom is 0.225 e. The van der Waals surface area contributed by atoms with Crippen molar-refractivity contribution in [1.29, 1.82) is 0 Å². The van der Waals surface area contributed by atoms with E-state index in [0.29, 0.717) is 0 Å². The van der Waals surface area contributed by atoms with Crippen LogP contribution in [0.4, 0.5) is 11.8 Å². The number of anilines is 2. The van der Waals surface area contributed by atoms with E-state index in [1.807, 2.05) is 18.2 Å². The van der Waals surface area contributed by atoms with Crippen LogP contribution in [0.25, 0.3) is 11.0 Å². The lowest BCUT2D eigenvalue weighted by molar-refractivity contribution is 0.636. The second kappa shape index (κ2) is 5.51. The van der Waals surface area contributed by atoms with Gasteiger partial charge in [-0.05, 0) is 18.2 Å². The van der Waals surface area contributed by atoms with Gasteiger partial charge in [0.15, 0.2) is 5.65 Å². The van der Waals surface area contributed by atoms with Crippen molar-refractivity contribution < 1.29 is 0 Å². The molecule has 1 fully saturated rings. The van der Waals surface area contributed by atoms with Gasteiger partial charge in [-0.25, -0.2) is 24.9 Å². The zero-order chi connectivity index (χ0) is 14.8. The molecule has 7 heteroatoms. The third-order valence-electron chi connectivity index (χ3n) is 3.80. The molecule has 0 bridgehead atoms. The summed E-state index contributed by atoms with van der Waals surface area (Å²) in [5, 5.41) is 0.995. The number of hydrogen-bond acceptors (Lipinski definition) is 7. The van der Waals surface area contributed by atoms with Crippen molar-refractivity contribution in [2.45, 2.75) is 0 Å². The number of pyridine rings is 1. The van der Waals surface area contributed by atoms with E-state index in [4.69, 9.17) is 0 Å². The van der Waals surface area contributed by atoms with Crippen LogP contribution in [-0.2, 0) is 0 Å². The number of fused-ring (bicyclic) bond motifs is 1. The Hall–Kier alpha value is -2.83. The number of piperazine rings is 1. The number of nitrogens with zero attached hydrogens (tertiary/aromatic N) is 7. The molecule has 0 saturated carbocycles. The number of aromatic nitrogens is 5. The molecule has 0 radical (unpaired) electrons. The molecule has 0 N–H and O–H groups in total. The van der Waals surface area contributed by atoms with E-state index in [9.17, 15) is 0 Å². The Labute approximate surface area is 127 Å². The second-order valence-corrected chi connectivity index (χ2v) is 5.09. The molecule has 22 heavy (non-hydrogen) atoms. The standard InChI is InChI=1S/C15H15N7/c1-3-12-13(16-4-1)19-11-20-14(12)21-7-9-22(10-8-21)15-17-5-2-6-18-15/h1-6,11H,7-10H2. The first-order chi connectivity index (χ1) is 10.9. The Morgan fingerprint density at radius 3 is 2.27 bits per heavy atom. The third kappa shape index (κ3) is 2.30. The van der Waals surface area contributed by atoms with Crippen LogP contribution < -0.4 is 9.80 Å². The zero-order valence-electron chi connectivity index (χ0n) is 12.0. The van der Waals surface area contributed by atoms with Crippen molar-refractivity contribution in [3.63, 3.8) is 0 Å². The molecule has 1 saturated heterocycles. The Balaban J connectivity index is 1.56. The number of hydrogen-bond donors (Lipinski definition) is 0. The zero-order valence-corrected chi connectivity index (χ0v) is 12.0. The van der Waals surface area contributed by atoms with Crippen LogP contribution in [0.3, 0.4) is 0 Å². The summed E-state index contributed by atoms with van der Waals surface area (Å²) in [6.45, 7) is 3.49. The van der Waals surface area contributed by atoms with Gasteiger partial charge in [-0.1, -0.05) is 0 Å². The summed E-state index contributed by atoms with van der Waals surface area (Å²) in [7, 11) is 0. The molecular formula is C15H15N7. The van der Waals surface area contributed by atoms with Gasteiger partial charge in [0.05, 0.1) is 5.39 Å². The van der Waals surface area contributed by atoms with Gasteiger partial charge in [-0.2, -0.15) is 0 Å². The topological polar surface area (TPSA) is 70.9 Å². The highest BCUT2D eigenvalue weighted by atomic mass is 15.3. The smallest absolute Gasteiger partial charge is 0.225 e. The average molecular weight is 293 g/mol. The van der Waals surface area contributed by atoms with Gasteiger partial charge in [0.25, 0.3) is 0 Å². The van der Waals surface area contributed by atoms with Crippen LogP contribution in [0.2, 0.25) is 0 Å². The summed E-state index contributed by atoms with van der Waals surface area (Å²) in [6, 6.07) is 5.77. The maximum absolute atomic E-state index is 4.45. The van der Waals surface area contributed by atoms with Gasteiger partial charge in [0.1, 0.15) is 12.1 Å². The van der Waals surface area contributed by atoms with E-state index < -0.39 is 0 Å². The highest BCUT2D eigenvalue weighted by molar-refractivity contribution is 5.86. The quantitative estimate of drug-likeness (QED) is 0.701. The van der Waals surface area contributed by atoms with Crippen LogP contribution in [0, 0.1) is 0 Å². The lowest BCUT2D eigenvalue weighted by Gasteiger charge is -2.35. The largest absolute Gasteiger partial charge is 0.352 e. The van der Waals surface area contributed by atoms with E-state index in [-0.39, 0.29) is 0 Å². The highest BCUT2D eigenvalue weighted by Crippen LogP contribution is 2.22. The van der Waals surface area contributed by atoms with Gasteiger partial charge in [0, 0.05) is 44.8 Å². The molecule has 7 nitrogen and oxygen atoms in total. The van der Waals surface area contributed by atoms with Crippen molar-refractivity contribution >= 4 is 22.8 Å². The van der Waals surface area contributed by atoms with Crippen molar-refractivity contribution in [2.75, 3.05) is 36.0 Å². The monoisotopic (exact) mass is 293 g/mol. The minimum Gasteiger partial charge on any atom is -0.352 e. The van der Waals surface area contributed by atoms with Crippen molar-refractivity contribution in [1.82, 2.24) is 24.9 Å². The van der Waals surface area contributed by atoms with Crippen LogP contribution in [0.1, 0.15) is 0 Å². The Morgan fingerprint density at radius 2 is 1.45 bits per heavy atom. The molecule has 0 aliphatic carbocycles. The maximum atomic E-state index is 4.45. The average Bonchev–Trinajstić information content (AvgIpc) is 2.62. The highest BCUT2D eigenvalue weighted by Gasteiger charge is 2.21. The summed E-state index contributed by atoms with van der Waals surface area (Å²) in [4.78, 5) is 26.0. The van der Waals surface area contributed by atoms with Crippen molar-refractivity contribution in [3.8, 4) is 0 Å². The summed E-state index contributed by atoms with van der Waals surface area (Å²) in [5.74, 6) is 1.74. The van der Waals surface area contributed by atoms with Crippen LogP contribution in [-0.4, -0.2) is 51.1 Å². The van der Waals surface area contributed by atoms with E-state index in [1.54, 1.807) is 24.9 Å². The Morgan fingerprint density at radius 1 is 0.727 bits per heavy atom. The minimum absolute atomic E-state index is 0.737. The van der Waals surface area contributed by atoms with E-state index in [1.165, 1.54) is 0 Å². The lowest BCUT2D eigenvalue weighted by atomic mass is 10.2. The molecule has 1 aliphatic rings. The lowest BCUT2D eigenvalue weighted by Crippen LogP contribution is -2.47. The summed E-state index contributed by atoms with van der Waals surface area (Å²) < 4.78 is 0. The fourth-order valence-electron chi connectivity index (χ4n) is 2.71. The summed E-state index contributed by atoms with van der Waals surface area (Å²) in [5.41, 5.74) is 0.737. The van der Waals surface area contributed by atoms with Gasteiger partial charge < -0.3 is 9.80 Å². The normalized spacial score (nSPS) is 15.3. The Bertz CT molecular complexity index is 764. The van der Waals surface area contributed by atoms with E-state index in [2.05, 4.69) is 34.7 Å². The van der Waals surface area contributed by atoms with E-state index in [0.717, 1.165) is 49.0 Å². The fraction of sp³-hybridized carbons (Fsp3) is 0.267. The first-order valence-electron chi connectivity index (χ1n) is 7.24. The molecule has 4 heterocycles. The molecule has 0 atom stereocenters. The third-order valence-corrected chi connectivity index (χ3v) is 3.80. The fourth-order valence-corrected chi connectivity index (χ4v) is 2.71. The second-order valence-electron chi connectivity index (χ2n) is 5.09. The van der Waals surface area contributed by atoms with E-state index >= 15 is 0 Å². The Kier molecular flexibility index (Phi) is 3.23. The minimum atomic E-state index is 0.737. The molecule has 0 amide bonds. The van der Waals surface area contributed by atoms with Crippen LogP contribution in [0.15, 0.2) is 43.1 Å². The van der Waals surface area contributed by atoms with Gasteiger partial charge in [0.2, 0.25) is 5.95 Å². The molecule has 0 spiro atoms. The predicted molar refractivity (Wildman–Crippen MR) is 83.8 cm³/mol. The molecule has 3 aromatic heterocycles. The van der Waals surface area contributed by atoms with Gasteiger partial charge in [-0.15, -0.1) is 0 Å². The SMILES string of the molecule is c1cnc(N2CCN(c3ncnc4ncccc34)CC2)nc1. The summed E-state index contributed by atoms with van der Waals surface area (Å²) >= 11 is 0. The van der Waals surface area contributed by atoms with Crippen LogP contribution in [0.5, 0.6) is 0 Å². The molecule has 3 aromatic rings. The summed E-state index contributed by atoms with van der Waals surface area (Å²) in [6.07, 6.45) is 6.89. The first-order valence-corrected chi connectivity index (χ1v) is 7.24.